The lowest BCUT2D eigenvalue weighted by Crippen LogP contribution is -2.52. The number of hydrogen-bond donors (Lipinski definition) is 3. The average molecular weight is 424 g/mol. The molecule has 30 heavy (non-hydrogen) atoms. The summed E-state index contributed by atoms with van der Waals surface area (Å²) < 4.78 is 6.05. The van der Waals surface area contributed by atoms with Gasteiger partial charge in [0.05, 0.1) is 18.8 Å². The first-order valence-corrected chi connectivity index (χ1v) is 12.2. The molecule has 2 amide bonds. The van der Waals surface area contributed by atoms with E-state index in [4.69, 9.17) is 4.74 Å². The van der Waals surface area contributed by atoms with E-state index in [1.54, 1.807) is 0 Å². The van der Waals surface area contributed by atoms with Crippen LogP contribution in [-0.2, 0) is 14.3 Å². The first-order valence-electron chi connectivity index (χ1n) is 12.2. The van der Waals surface area contributed by atoms with Gasteiger partial charge in [-0.25, -0.2) is 0 Å². The van der Waals surface area contributed by atoms with E-state index in [-0.39, 0.29) is 42.6 Å². The fourth-order valence-electron chi connectivity index (χ4n) is 5.08. The second kappa shape index (κ2) is 12.6. The molecule has 0 radical (unpaired) electrons. The third-order valence-electron chi connectivity index (χ3n) is 6.99. The zero-order valence-corrected chi connectivity index (χ0v) is 18.4. The van der Waals surface area contributed by atoms with Crippen molar-refractivity contribution in [1.29, 1.82) is 0 Å². The van der Waals surface area contributed by atoms with Crippen molar-refractivity contribution in [1.82, 2.24) is 15.5 Å². The number of carbonyl (C=O) groups is 2. The van der Waals surface area contributed by atoms with Gasteiger partial charge in [0, 0.05) is 25.4 Å². The molecule has 0 bridgehead atoms. The summed E-state index contributed by atoms with van der Waals surface area (Å²) in [5.74, 6) is 0.352. The molecule has 3 atom stereocenters. The Bertz CT molecular complexity index is 533. The number of aliphatic hydroxyl groups excluding tert-OH is 1. The van der Waals surface area contributed by atoms with Gasteiger partial charge in [0.25, 0.3) is 0 Å². The molecular weight excluding hydrogens is 382 g/mol. The number of piperidine rings is 1. The van der Waals surface area contributed by atoms with Gasteiger partial charge in [-0.1, -0.05) is 25.7 Å². The normalized spacial score (nSPS) is 28.8. The molecule has 3 aliphatic rings. The van der Waals surface area contributed by atoms with E-state index >= 15 is 0 Å². The molecule has 1 aliphatic carbocycles. The number of likely N-dealkylation sites (tertiary alicyclic amines) is 1. The summed E-state index contributed by atoms with van der Waals surface area (Å²) in [5.41, 5.74) is 0. The Morgan fingerprint density at radius 2 is 1.70 bits per heavy atom. The fraction of sp³-hybridized carbons (Fsp3) is 0.913. The highest BCUT2D eigenvalue weighted by atomic mass is 16.5. The van der Waals surface area contributed by atoms with Gasteiger partial charge in [-0.3, -0.25) is 9.59 Å². The number of ether oxygens (including phenoxy) is 1. The van der Waals surface area contributed by atoms with E-state index in [2.05, 4.69) is 15.5 Å². The third-order valence-corrected chi connectivity index (χ3v) is 6.99. The van der Waals surface area contributed by atoms with Gasteiger partial charge in [-0.05, 0) is 58.0 Å². The molecule has 3 fully saturated rings. The zero-order valence-electron chi connectivity index (χ0n) is 18.4. The molecule has 2 heterocycles. The highest BCUT2D eigenvalue weighted by molar-refractivity contribution is 5.79. The van der Waals surface area contributed by atoms with Gasteiger partial charge in [-0.2, -0.15) is 0 Å². The quantitative estimate of drug-likeness (QED) is 0.527. The molecule has 0 aromatic heterocycles. The van der Waals surface area contributed by atoms with E-state index < -0.39 is 0 Å². The standard InChI is InChI=1S/C23H41N3O4/c27-17-21-20(25-23(29)18-7-3-1-4-8-18)10-9-19(30-21)11-13-24-22(28)12-16-26-14-5-2-6-15-26/h18-21,27H,1-17H2,(H,24,28)(H,25,29)/t19-,20+,21+/m1/s1. The van der Waals surface area contributed by atoms with Crippen LogP contribution in [0.1, 0.15) is 77.0 Å². The molecule has 0 aromatic rings. The maximum absolute atomic E-state index is 12.5. The lowest BCUT2D eigenvalue weighted by molar-refractivity contribution is -0.133. The van der Waals surface area contributed by atoms with Crippen molar-refractivity contribution in [3.05, 3.63) is 0 Å². The van der Waals surface area contributed by atoms with Gasteiger partial charge in [0.1, 0.15) is 6.10 Å². The first-order chi connectivity index (χ1) is 14.7. The number of rotatable bonds is 9. The van der Waals surface area contributed by atoms with E-state index in [1.165, 1.54) is 25.7 Å². The van der Waals surface area contributed by atoms with Gasteiger partial charge >= 0.3 is 0 Å². The molecule has 172 valence electrons. The van der Waals surface area contributed by atoms with Gasteiger partial charge in [0.2, 0.25) is 11.8 Å². The molecule has 1 saturated carbocycles. The van der Waals surface area contributed by atoms with E-state index in [9.17, 15) is 14.7 Å². The first kappa shape index (κ1) is 23.5. The number of aliphatic hydroxyl groups is 1. The van der Waals surface area contributed by atoms with E-state index in [0.717, 1.165) is 64.6 Å². The van der Waals surface area contributed by atoms with Crippen LogP contribution in [0.5, 0.6) is 0 Å². The Labute approximate surface area is 181 Å². The molecule has 7 heteroatoms. The summed E-state index contributed by atoms with van der Waals surface area (Å²) in [6.07, 6.45) is 11.9. The molecule has 3 rings (SSSR count). The monoisotopic (exact) mass is 423 g/mol. The predicted octanol–water partition coefficient (Wildman–Crippen LogP) is 1.97. The van der Waals surface area contributed by atoms with Crippen molar-refractivity contribution in [2.24, 2.45) is 5.92 Å². The topological polar surface area (TPSA) is 90.9 Å². The Balaban J connectivity index is 1.31. The molecule has 0 unspecified atom stereocenters. The van der Waals surface area contributed by atoms with Crippen molar-refractivity contribution in [2.45, 2.75) is 95.3 Å². The Kier molecular flexibility index (Phi) is 9.88. The maximum Gasteiger partial charge on any atom is 0.223 e. The zero-order chi connectivity index (χ0) is 21.2. The highest BCUT2D eigenvalue weighted by Crippen LogP contribution is 2.26. The van der Waals surface area contributed by atoms with Crippen molar-refractivity contribution < 1.29 is 19.4 Å². The van der Waals surface area contributed by atoms with Crippen LogP contribution in [0, 0.1) is 5.92 Å². The molecule has 0 aromatic carbocycles. The number of nitrogens with one attached hydrogen (secondary N) is 2. The fourth-order valence-corrected chi connectivity index (χ4v) is 5.08. The SMILES string of the molecule is O=C(CCN1CCCCC1)NCC[C@H]1CC[C@H](NC(=O)C2CCCCC2)[C@H](CO)O1. The lowest BCUT2D eigenvalue weighted by Gasteiger charge is -2.37. The Hall–Kier alpha value is -1.18. The predicted molar refractivity (Wildman–Crippen MR) is 116 cm³/mol. The Morgan fingerprint density at radius 1 is 0.967 bits per heavy atom. The minimum atomic E-state index is -0.355. The lowest BCUT2D eigenvalue weighted by atomic mass is 9.88. The number of nitrogens with zero attached hydrogens (tertiary/aromatic N) is 1. The summed E-state index contributed by atoms with van der Waals surface area (Å²) in [6.45, 7) is 3.59. The van der Waals surface area contributed by atoms with Crippen LogP contribution in [0.3, 0.4) is 0 Å². The molecular formula is C23H41N3O4. The molecule has 2 saturated heterocycles. The second-order valence-corrected chi connectivity index (χ2v) is 9.30. The van der Waals surface area contributed by atoms with Crippen molar-refractivity contribution >= 4 is 11.8 Å². The number of amides is 2. The molecule has 2 aliphatic heterocycles. The van der Waals surface area contributed by atoms with Crippen molar-refractivity contribution in [2.75, 3.05) is 32.8 Å². The van der Waals surface area contributed by atoms with Crippen molar-refractivity contribution in [3.63, 3.8) is 0 Å². The molecule has 7 nitrogen and oxygen atoms in total. The minimum Gasteiger partial charge on any atom is -0.394 e. The van der Waals surface area contributed by atoms with Crippen LogP contribution in [0.4, 0.5) is 0 Å². The smallest absolute Gasteiger partial charge is 0.223 e. The van der Waals surface area contributed by atoms with Crippen LogP contribution in [0.15, 0.2) is 0 Å². The van der Waals surface area contributed by atoms with Gasteiger partial charge < -0.3 is 25.4 Å². The van der Waals surface area contributed by atoms with Gasteiger partial charge in [-0.15, -0.1) is 0 Å². The van der Waals surface area contributed by atoms with Crippen molar-refractivity contribution in [3.8, 4) is 0 Å². The molecule has 0 spiro atoms. The van der Waals surface area contributed by atoms with Crippen LogP contribution in [0.25, 0.3) is 0 Å². The van der Waals surface area contributed by atoms with Crippen LogP contribution < -0.4 is 10.6 Å². The summed E-state index contributed by atoms with van der Waals surface area (Å²) in [5, 5.41) is 15.9. The Morgan fingerprint density at radius 3 is 2.43 bits per heavy atom. The number of carbonyl (C=O) groups excluding carboxylic acids is 2. The third kappa shape index (κ3) is 7.50. The summed E-state index contributed by atoms with van der Waals surface area (Å²) >= 11 is 0. The minimum absolute atomic E-state index is 0.0207. The summed E-state index contributed by atoms with van der Waals surface area (Å²) in [4.78, 5) is 27.0. The highest BCUT2D eigenvalue weighted by Gasteiger charge is 2.33. The molecule has 3 N–H and O–H groups in total. The van der Waals surface area contributed by atoms with E-state index in [0.29, 0.717) is 13.0 Å². The van der Waals surface area contributed by atoms with Crippen LogP contribution in [0.2, 0.25) is 0 Å². The van der Waals surface area contributed by atoms with E-state index in [1.807, 2.05) is 0 Å². The van der Waals surface area contributed by atoms with Crippen LogP contribution in [-0.4, -0.2) is 72.9 Å². The average Bonchev–Trinajstić information content (AvgIpc) is 2.79. The van der Waals surface area contributed by atoms with Crippen LogP contribution >= 0.6 is 0 Å². The second-order valence-electron chi connectivity index (χ2n) is 9.30. The van der Waals surface area contributed by atoms with Gasteiger partial charge in [0.15, 0.2) is 0 Å². The summed E-state index contributed by atoms with van der Waals surface area (Å²) in [7, 11) is 0. The number of hydrogen-bond acceptors (Lipinski definition) is 5. The largest absolute Gasteiger partial charge is 0.394 e. The maximum atomic E-state index is 12.5. The summed E-state index contributed by atoms with van der Waals surface area (Å²) in [6, 6.07) is -0.111.